The average molecular weight is 272 g/mol. The zero-order valence-electron chi connectivity index (χ0n) is 10.8. The molecule has 1 N–H and O–H groups in total. The molecular weight excluding hydrogens is 259 g/mol. The van der Waals surface area contributed by atoms with Gasteiger partial charge in [-0.3, -0.25) is 0 Å². The van der Waals surface area contributed by atoms with Gasteiger partial charge < -0.3 is 9.84 Å². The lowest BCUT2D eigenvalue weighted by molar-refractivity contribution is -0.131. The van der Waals surface area contributed by atoms with Gasteiger partial charge in [0.2, 0.25) is 0 Å². The molecule has 0 unspecified atom stereocenters. The molecule has 0 saturated carbocycles. The molecule has 0 aromatic heterocycles. The Labute approximate surface area is 115 Å². The number of rotatable bonds is 4. The first-order valence-electron chi connectivity index (χ1n) is 6.01. The molecular formula is C16H13FO3. The van der Waals surface area contributed by atoms with Crippen LogP contribution >= 0.6 is 0 Å². The number of carboxylic acid groups (broad SMARTS) is 1. The van der Waals surface area contributed by atoms with Crippen LogP contribution in [0.4, 0.5) is 4.39 Å². The second kappa shape index (κ2) is 6.02. The molecule has 0 fully saturated rings. The van der Waals surface area contributed by atoms with Crippen LogP contribution in [-0.4, -0.2) is 11.1 Å². The Balaban J connectivity index is 2.40. The monoisotopic (exact) mass is 272 g/mol. The summed E-state index contributed by atoms with van der Waals surface area (Å²) in [5.74, 6) is -1.10. The SMILES string of the molecule is Cc1ccccc1Oc1c(F)cccc1/C=C/C(=O)O. The van der Waals surface area contributed by atoms with Crippen molar-refractivity contribution in [2.75, 3.05) is 0 Å². The Bertz CT molecular complexity index is 663. The number of hydrogen-bond acceptors (Lipinski definition) is 2. The fraction of sp³-hybridized carbons (Fsp3) is 0.0625. The largest absolute Gasteiger partial charge is 0.478 e. The molecule has 0 aliphatic rings. The fourth-order valence-corrected chi connectivity index (χ4v) is 1.71. The van der Waals surface area contributed by atoms with Gasteiger partial charge in [-0.2, -0.15) is 0 Å². The van der Waals surface area contributed by atoms with Crippen LogP contribution < -0.4 is 4.74 Å². The first-order chi connectivity index (χ1) is 9.58. The minimum atomic E-state index is -1.10. The van der Waals surface area contributed by atoms with E-state index in [1.807, 2.05) is 19.1 Å². The van der Waals surface area contributed by atoms with Gasteiger partial charge in [-0.1, -0.05) is 30.3 Å². The van der Waals surface area contributed by atoms with Crippen molar-refractivity contribution in [3.05, 3.63) is 65.5 Å². The summed E-state index contributed by atoms with van der Waals surface area (Å²) in [5, 5.41) is 8.65. The number of benzene rings is 2. The maximum absolute atomic E-state index is 13.9. The summed E-state index contributed by atoms with van der Waals surface area (Å²) in [4.78, 5) is 10.6. The molecule has 2 aromatic carbocycles. The van der Waals surface area contributed by atoms with E-state index in [2.05, 4.69) is 0 Å². The van der Waals surface area contributed by atoms with E-state index >= 15 is 0 Å². The Hall–Kier alpha value is -2.62. The molecule has 0 heterocycles. The zero-order valence-corrected chi connectivity index (χ0v) is 10.8. The Morgan fingerprint density at radius 1 is 1.20 bits per heavy atom. The van der Waals surface area contributed by atoms with Crippen LogP contribution in [0.25, 0.3) is 6.08 Å². The Morgan fingerprint density at radius 2 is 1.95 bits per heavy atom. The molecule has 0 saturated heterocycles. The van der Waals surface area contributed by atoms with Crippen molar-refractivity contribution in [1.29, 1.82) is 0 Å². The van der Waals surface area contributed by atoms with Crippen molar-refractivity contribution < 1.29 is 19.0 Å². The quantitative estimate of drug-likeness (QED) is 0.855. The van der Waals surface area contributed by atoms with E-state index in [0.29, 0.717) is 11.3 Å². The number of ether oxygens (including phenoxy) is 1. The van der Waals surface area contributed by atoms with E-state index < -0.39 is 11.8 Å². The summed E-state index contributed by atoms with van der Waals surface area (Å²) in [6.07, 6.45) is 2.25. The van der Waals surface area contributed by atoms with Gasteiger partial charge in [0.25, 0.3) is 0 Å². The van der Waals surface area contributed by atoms with Gasteiger partial charge in [-0.15, -0.1) is 0 Å². The third-order valence-electron chi connectivity index (χ3n) is 2.71. The number of carbonyl (C=O) groups is 1. The summed E-state index contributed by atoms with van der Waals surface area (Å²) in [7, 11) is 0. The Kier molecular flexibility index (Phi) is 4.15. The van der Waals surface area contributed by atoms with Gasteiger partial charge in [0.05, 0.1) is 0 Å². The van der Waals surface area contributed by atoms with Gasteiger partial charge in [0.15, 0.2) is 11.6 Å². The third kappa shape index (κ3) is 3.23. The second-order valence-corrected chi connectivity index (χ2v) is 4.20. The Morgan fingerprint density at radius 3 is 2.65 bits per heavy atom. The van der Waals surface area contributed by atoms with Crippen LogP contribution in [0.5, 0.6) is 11.5 Å². The normalized spacial score (nSPS) is 10.7. The van der Waals surface area contributed by atoms with E-state index in [-0.39, 0.29) is 5.75 Å². The average Bonchev–Trinajstić information content (AvgIpc) is 2.41. The standard InChI is InChI=1S/C16H13FO3/c1-11-5-2-3-8-14(11)20-16-12(9-10-15(18)19)6-4-7-13(16)17/h2-10H,1H3,(H,18,19)/b10-9+. The summed E-state index contributed by atoms with van der Waals surface area (Å²) in [6.45, 7) is 1.85. The highest BCUT2D eigenvalue weighted by molar-refractivity contribution is 5.86. The van der Waals surface area contributed by atoms with E-state index in [1.165, 1.54) is 18.2 Å². The van der Waals surface area contributed by atoms with Gasteiger partial charge in [0.1, 0.15) is 5.75 Å². The van der Waals surface area contributed by atoms with Gasteiger partial charge in [-0.05, 0) is 30.7 Å². The van der Waals surface area contributed by atoms with Crippen LogP contribution in [0.1, 0.15) is 11.1 Å². The van der Waals surface area contributed by atoms with Crippen LogP contribution in [0.15, 0.2) is 48.5 Å². The van der Waals surface area contributed by atoms with Gasteiger partial charge >= 0.3 is 5.97 Å². The summed E-state index contributed by atoms with van der Waals surface area (Å²) >= 11 is 0. The molecule has 102 valence electrons. The highest BCUT2D eigenvalue weighted by Gasteiger charge is 2.10. The van der Waals surface area contributed by atoms with Crippen molar-refractivity contribution in [3.63, 3.8) is 0 Å². The lowest BCUT2D eigenvalue weighted by Crippen LogP contribution is -1.94. The van der Waals surface area contributed by atoms with Gasteiger partial charge in [0, 0.05) is 11.6 Å². The molecule has 0 atom stereocenters. The number of carboxylic acids is 1. The van der Waals surface area contributed by atoms with Crippen molar-refractivity contribution in [3.8, 4) is 11.5 Å². The molecule has 2 aromatic rings. The number of para-hydroxylation sites is 2. The number of halogens is 1. The molecule has 2 rings (SSSR count). The third-order valence-corrected chi connectivity index (χ3v) is 2.71. The summed E-state index contributed by atoms with van der Waals surface area (Å²) < 4.78 is 19.5. The van der Waals surface area contributed by atoms with E-state index in [0.717, 1.165) is 11.6 Å². The fourth-order valence-electron chi connectivity index (χ4n) is 1.71. The highest BCUT2D eigenvalue weighted by atomic mass is 19.1. The molecule has 20 heavy (non-hydrogen) atoms. The van der Waals surface area contributed by atoms with Crippen molar-refractivity contribution in [1.82, 2.24) is 0 Å². The number of aliphatic carboxylic acids is 1. The molecule has 4 heteroatoms. The maximum Gasteiger partial charge on any atom is 0.328 e. The minimum absolute atomic E-state index is 0.0132. The molecule has 0 bridgehead atoms. The van der Waals surface area contributed by atoms with Crippen LogP contribution in [0.2, 0.25) is 0 Å². The minimum Gasteiger partial charge on any atom is -0.478 e. The smallest absolute Gasteiger partial charge is 0.328 e. The predicted molar refractivity (Wildman–Crippen MR) is 74.3 cm³/mol. The van der Waals surface area contributed by atoms with Crippen LogP contribution in [0, 0.1) is 12.7 Å². The molecule has 0 spiro atoms. The van der Waals surface area contributed by atoms with E-state index in [9.17, 15) is 9.18 Å². The predicted octanol–water partition coefficient (Wildman–Crippen LogP) is 4.02. The first-order valence-corrected chi connectivity index (χ1v) is 6.01. The van der Waals surface area contributed by atoms with Crippen molar-refractivity contribution in [2.45, 2.75) is 6.92 Å². The molecule has 3 nitrogen and oxygen atoms in total. The second-order valence-electron chi connectivity index (χ2n) is 4.20. The zero-order chi connectivity index (χ0) is 14.5. The van der Waals surface area contributed by atoms with Gasteiger partial charge in [-0.25, -0.2) is 9.18 Å². The number of hydrogen-bond donors (Lipinski definition) is 1. The maximum atomic E-state index is 13.9. The lowest BCUT2D eigenvalue weighted by atomic mass is 10.1. The topological polar surface area (TPSA) is 46.5 Å². The van der Waals surface area contributed by atoms with Crippen molar-refractivity contribution >= 4 is 12.0 Å². The van der Waals surface area contributed by atoms with Crippen molar-refractivity contribution in [2.24, 2.45) is 0 Å². The highest BCUT2D eigenvalue weighted by Crippen LogP contribution is 2.31. The van der Waals surface area contributed by atoms with E-state index in [4.69, 9.17) is 9.84 Å². The van der Waals surface area contributed by atoms with Crippen LogP contribution in [0.3, 0.4) is 0 Å². The molecule has 0 amide bonds. The van der Waals surface area contributed by atoms with Crippen LogP contribution in [-0.2, 0) is 4.79 Å². The molecule has 0 aliphatic heterocycles. The summed E-state index contributed by atoms with van der Waals surface area (Å²) in [6, 6.07) is 11.6. The molecule has 0 aliphatic carbocycles. The molecule has 0 radical (unpaired) electrons. The lowest BCUT2D eigenvalue weighted by Gasteiger charge is -2.11. The first kappa shape index (κ1) is 13.8. The number of aryl methyl sites for hydroxylation is 1. The van der Waals surface area contributed by atoms with E-state index in [1.54, 1.807) is 18.2 Å². The summed E-state index contributed by atoms with van der Waals surface area (Å²) in [5.41, 5.74) is 1.24.